The van der Waals surface area contributed by atoms with Crippen molar-refractivity contribution in [2.75, 3.05) is 6.54 Å². The summed E-state index contributed by atoms with van der Waals surface area (Å²) in [5.74, 6) is -1.15. The third-order valence-electron chi connectivity index (χ3n) is 6.76. The first kappa shape index (κ1) is 19.1. The van der Waals surface area contributed by atoms with Crippen molar-refractivity contribution < 1.29 is 14.3 Å². The van der Waals surface area contributed by atoms with Crippen LogP contribution in [0.5, 0.6) is 0 Å². The lowest BCUT2D eigenvalue weighted by molar-refractivity contribution is -0.139. The molecule has 2 amide bonds. The first-order valence-electron chi connectivity index (χ1n) is 10.5. The average Bonchev–Trinajstić information content (AvgIpc) is 3.31. The third-order valence-corrected chi connectivity index (χ3v) is 6.76. The first-order chi connectivity index (χ1) is 14.4. The van der Waals surface area contributed by atoms with E-state index in [0.717, 1.165) is 11.1 Å². The zero-order valence-corrected chi connectivity index (χ0v) is 17.2. The molecule has 1 spiro atoms. The van der Waals surface area contributed by atoms with Gasteiger partial charge in [0.2, 0.25) is 11.8 Å². The number of carbonyl (C=O) groups is 2. The number of nitrogens with one attached hydrogen (secondary N) is 1. The fourth-order valence-electron chi connectivity index (χ4n) is 5.32. The van der Waals surface area contributed by atoms with Crippen molar-refractivity contribution in [2.45, 2.75) is 37.6 Å². The predicted octanol–water partition coefficient (Wildman–Crippen LogP) is 3.24. The SMILES string of the molecule is CC(NC(=O)C1C2C(=O)N(Cc3ccccc3)CC23C=CC1(C)O3)c1ccccc1. The lowest BCUT2D eigenvalue weighted by atomic mass is 9.71. The van der Waals surface area contributed by atoms with Gasteiger partial charge < -0.3 is 15.0 Å². The molecule has 0 aliphatic carbocycles. The number of rotatable bonds is 5. The number of hydrogen-bond acceptors (Lipinski definition) is 3. The molecule has 2 bridgehead atoms. The van der Waals surface area contributed by atoms with Crippen molar-refractivity contribution in [3.63, 3.8) is 0 Å². The van der Waals surface area contributed by atoms with Crippen LogP contribution in [0.2, 0.25) is 0 Å². The van der Waals surface area contributed by atoms with E-state index in [9.17, 15) is 9.59 Å². The van der Waals surface area contributed by atoms with E-state index in [1.807, 2.05) is 91.6 Å². The number of nitrogens with zero attached hydrogens (tertiary/aromatic N) is 1. The van der Waals surface area contributed by atoms with Gasteiger partial charge in [-0.15, -0.1) is 0 Å². The number of benzene rings is 2. The molecule has 0 saturated carbocycles. The van der Waals surface area contributed by atoms with Crippen LogP contribution < -0.4 is 5.32 Å². The molecule has 0 radical (unpaired) electrons. The fraction of sp³-hybridized carbons (Fsp3) is 0.360. The van der Waals surface area contributed by atoms with Gasteiger partial charge in [-0.25, -0.2) is 0 Å². The first-order valence-corrected chi connectivity index (χ1v) is 10.5. The molecule has 3 aliphatic rings. The van der Waals surface area contributed by atoms with E-state index in [1.165, 1.54) is 0 Å². The van der Waals surface area contributed by atoms with Crippen molar-refractivity contribution in [3.8, 4) is 0 Å². The van der Waals surface area contributed by atoms with Crippen LogP contribution in [0.25, 0.3) is 0 Å². The normalized spacial score (nSPS) is 32.3. The maximum absolute atomic E-state index is 13.4. The van der Waals surface area contributed by atoms with Crippen LogP contribution in [0.15, 0.2) is 72.8 Å². The molecule has 5 unspecified atom stereocenters. The van der Waals surface area contributed by atoms with Crippen molar-refractivity contribution >= 4 is 11.8 Å². The molecule has 1 N–H and O–H groups in total. The van der Waals surface area contributed by atoms with Gasteiger partial charge in [-0.1, -0.05) is 72.8 Å². The lowest BCUT2D eigenvalue weighted by Crippen LogP contribution is -2.48. The minimum Gasteiger partial charge on any atom is -0.357 e. The van der Waals surface area contributed by atoms with E-state index in [-0.39, 0.29) is 17.9 Å². The highest BCUT2D eigenvalue weighted by Crippen LogP contribution is 2.57. The second-order valence-corrected chi connectivity index (χ2v) is 8.85. The van der Waals surface area contributed by atoms with Gasteiger partial charge in [0.1, 0.15) is 5.60 Å². The molecule has 3 aliphatic heterocycles. The molecule has 2 saturated heterocycles. The van der Waals surface area contributed by atoms with E-state index in [0.29, 0.717) is 13.1 Å². The molecule has 0 aromatic heterocycles. The zero-order valence-electron chi connectivity index (χ0n) is 17.2. The van der Waals surface area contributed by atoms with Crippen LogP contribution >= 0.6 is 0 Å². The maximum Gasteiger partial charge on any atom is 0.230 e. The number of carbonyl (C=O) groups excluding carboxylic acids is 2. The Morgan fingerprint density at radius 2 is 1.80 bits per heavy atom. The van der Waals surface area contributed by atoms with Crippen LogP contribution in [0.1, 0.15) is 31.0 Å². The van der Waals surface area contributed by atoms with Crippen molar-refractivity contribution in [2.24, 2.45) is 11.8 Å². The van der Waals surface area contributed by atoms with E-state index >= 15 is 0 Å². The Morgan fingerprint density at radius 1 is 1.13 bits per heavy atom. The summed E-state index contributed by atoms with van der Waals surface area (Å²) in [4.78, 5) is 28.6. The molecule has 2 aromatic carbocycles. The van der Waals surface area contributed by atoms with Crippen molar-refractivity contribution in [1.82, 2.24) is 10.2 Å². The summed E-state index contributed by atoms with van der Waals surface area (Å²) >= 11 is 0. The van der Waals surface area contributed by atoms with Gasteiger partial charge in [0.05, 0.1) is 30.0 Å². The van der Waals surface area contributed by atoms with Crippen LogP contribution in [-0.2, 0) is 20.9 Å². The Balaban J connectivity index is 1.39. The molecule has 154 valence electrons. The van der Waals surface area contributed by atoms with Gasteiger partial charge >= 0.3 is 0 Å². The maximum atomic E-state index is 13.4. The highest BCUT2D eigenvalue weighted by Gasteiger charge is 2.71. The molecule has 5 nitrogen and oxygen atoms in total. The molecule has 5 atom stereocenters. The Labute approximate surface area is 176 Å². The topological polar surface area (TPSA) is 58.6 Å². The number of hydrogen-bond donors (Lipinski definition) is 1. The van der Waals surface area contributed by atoms with Crippen LogP contribution in [0, 0.1) is 11.8 Å². The second kappa shape index (κ2) is 6.81. The smallest absolute Gasteiger partial charge is 0.230 e. The largest absolute Gasteiger partial charge is 0.357 e. The van der Waals surface area contributed by atoms with Crippen LogP contribution in [0.4, 0.5) is 0 Å². The Morgan fingerprint density at radius 3 is 2.50 bits per heavy atom. The Bertz CT molecular complexity index is 1010. The monoisotopic (exact) mass is 402 g/mol. The summed E-state index contributed by atoms with van der Waals surface area (Å²) in [5, 5.41) is 3.12. The van der Waals surface area contributed by atoms with Crippen LogP contribution in [0.3, 0.4) is 0 Å². The number of fused-ring (bicyclic) bond motifs is 1. The van der Waals surface area contributed by atoms with Gasteiger partial charge in [0.25, 0.3) is 0 Å². The van der Waals surface area contributed by atoms with Gasteiger partial charge in [-0.05, 0) is 25.0 Å². The molecule has 2 aromatic rings. The van der Waals surface area contributed by atoms with E-state index in [2.05, 4.69) is 5.32 Å². The lowest BCUT2D eigenvalue weighted by Gasteiger charge is -2.30. The number of ether oxygens (including phenoxy) is 1. The van der Waals surface area contributed by atoms with E-state index < -0.39 is 23.0 Å². The highest BCUT2D eigenvalue weighted by molar-refractivity contribution is 5.93. The highest BCUT2D eigenvalue weighted by atomic mass is 16.5. The zero-order chi connectivity index (χ0) is 20.9. The van der Waals surface area contributed by atoms with Gasteiger partial charge in [0, 0.05) is 6.54 Å². The van der Waals surface area contributed by atoms with Gasteiger partial charge in [0.15, 0.2) is 0 Å². The van der Waals surface area contributed by atoms with Gasteiger partial charge in [-0.3, -0.25) is 9.59 Å². The minimum atomic E-state index is -0.750. The van der Waals surface area contributed by atoms with E-state index in [1.54, 1.807) is 0 Å². The Kier molecular flexibility index (Phi) is 4.33. The number of amides is 2. The Hall–Kier alpha value is -2.92. The van der Waals surface area contributed by atoms with E-state index in [4.69, 9.17) is 4.74 Å². The summed E-state index contributed by atoms with van der Waals surface area (Å²) in [6.07, 6.45) is 3.98. The second-order valence-electron chi connectivity index (χ2n) is 8.85. The summed E-state index contributed by atoms with van der Waals surface area (Å²) in [6.45, 7) is 4.90. The van der Waals surface area contributed by atoms with Crippen molar-refractivity contribution in [3.05, 3.63) is 83.9 Å². The molecular weight excluding hydrogens is 376 g/mol. The number of likely N-dealkylation sites (tertiary alicyclic amines) is 1. The quantitative estimate of drug-likeness (QED) is 0.781. The standard InChI is InChI=1S/C25H26N2O3/c1-17(19-11-7-4-8-12-19)26-22(28)20-21-23(29)27(15-18-9-5-3-6-10-18)16-25(21)14-13-24(20,2)30-25/h3-14,17,20-21H,15-16H2,1-2H3,(H,26,28). The predicted molar refractivity (Wildman–Crippen MR) is 113 cm³/mol. The molecule has 2 fully saturated rings. The van der Waals surface area contributed by atoms with Crippen LogP contribution in [-0.4, -0.2) is 34.5 Å². The molecule has 3 heterocycles. The third kappa shape index (κ3) is 2.88. The summed E-state index contributed by atoms with van der Waals surface area (Å²) < 4.78 is 6.40. The molecule has 5 rings (SSSR count). The summed E-state index contributed by atoms with van der Waals surface area (Å²) in [7, 11) is 0. The molecule has 5 heteroatoms. The minimum absolute atomic E-state index is 0.000516. The molecular formula is C25H26N2O3. The molecule has 30 heavy (non-hydrogen) atoms. The fourth-order valence-corrected chi connectivity index (χ4v) is 5.32. The van der Waals surface area contributed by atoms with Crippen molar-refractivity contribution in [1.29, 1.82) is 0 Å². The van der Waals surface area contributed by atoms with Gasteiger partial charge in [-0.2, -0.15) is 0 Å². The summed E-state index contributed by atoms with van der Waals surface area (Å²) in [5.41, 5.74) is 0.651. The average molecular weight is 402 g/mol. The summed E-state index contributed by atoms with van der Waals surface area (Å²) in [6, 6.07) is 19.7.